The Morgan fingerprint density at radius 3 is 2.68 bits per heavy atom. The minimum atomic E-state index is -0.292. The zero-order valence-electron chi connectivity index (χ0n) is 17.1. The van der Waals surface area contributed by atoms with Gasteiger partial charge < -0.3 is 15.6 Å². The van der Waals surface area contributed by atoms with Crippen molar-refractivity contribution >= 4 is 28.5 Å². The van der Waals surface area contributed by atoms with E-state index in [1.54, 1.807) is 18.5 Å². The second-order valence-electron chi connectivity index (χ2n) is 7.80. The molecule has 0 bridgehead atoms. The van der Waals surface area contributed by atoms with Crippen LogP contribution < -0.4 is 10.6 Å². The van der Waals surface area contributed by atoms with Crippen LogP contribution in [-0.2, 0) is 0 Å². The summed E-state index contributed by atoms with van der Waals surface area (Å²) in [5.74, 6) is -0.452. The molecule has 9 nitrogen and oxygen atoms in total. The van der Waals surface area contributed by atoms with Crippen molar-refractivity contribution in [3.63, 3.8) is 0 Å². The molecule has 1 aliphatic rings. The number of carbonyl (C=O) groups is 2. The molecule has 2 amide bonds. The molecule has 4 N–H and O–H groups in total. The number of fused-ring (bicyclic) bond motifs is 1. The minimum absolute atomic E-state index is 0.160. The summed E-state index contributed by atoms with van der Waals surface area (Å²) in [6, 6.07) is 7.65. The van der Waals surface area contributed by atoms with Gasteiger partial charge in [0.15, 0.2) is 5.69 Å². The Morgan fingerprint density at radius 1 is 1.10 bits per heavy atom. The summed E-state index contributed by atoms with van der Waals surface area (Å²) < 4.78 is 0. The Kier molecular flexibility index (Phi) is 4.50. The number of rotatable bonds is 5. The summed E-state index contributed by atoms with van der Waals surface area (Å²) in [6.45, 7) is 3.72. The van der Waals surface area contributed by atoms with Crippen LogP contribution in [0, 0.1) is 13.8 Å². The Labute approximate surface area is 177 Å². The predicted octanol–water partition coefficient (Wildman–Crippen LogP) is 3.11. The zero-order chi connectivity index (χ0) is 21.5. The first kappa shape index (κ1) is 19.0. The molecule has 1 fully saturated rings. The van der Waals surface area contributed by atoms with E-state index in [0.717, 1.165) is 40.7 Å². The van der Waals surface area contributed by atoms with Crippen molar-refractivity contribution in [3.8, 4) is 11.3 Å². The third-order valence-corrected chi connectivity index (χ3v) is 5.41. The molecular weight excluding hydrogens is 394 g/mol. The van der Waals surface area contributed by atoms with Crippen molar-refractivity contribution in [3.05, 3.63) is 59.3 Å². The van der Waals surface area contributed by atoms with Gasteiger partial charge in [0.2, 0.25) is 0 Å². The number of amides is 2. The maximum Gasteiger partial charge on any atom is 0.276 e. The summed E-state index contributed by atoms with van der Waals surface area (Å²) in [7, 11) is 0. The number of nitrogens with one attached hydrogen (secondary N) is 4. The standard InChI is InChI=1S/C22H21N7O2/c1-11-12(2)28-29-19(11)22(31)26-16-7-14-9-17(27-20(14)24-10-16)13-5-6-23-18(8-13)21(30)25-15-3-4-15/h5-10,15H,3-4H2,1-2H3,(H,24,27)(H,25,30)(H,26,31)(H,28,29). The Morgan fingerprint density at radius 2 is 1.94 bits per heavy atom. The molecule has 0 unspecified atom stereocenters. The Balaban J connectivity index is 1.39. The van der Waals surface area contributed by atoms with Gasteiger partial charge in [-0.05, 0) is 51.0 Å². The van der Waals surface area contributed by atoms with Crippen LogP contribution in [0.1, 0.15) is 45.1 Å². The van der Waals surface area contributed by atoms with E-state index >= 15 is 0 Å². The number of pyridine rings is 2. The SMILES string of the molecule is Cc1[nH]nc(C(=O)Nc2cnc3[nH]c(-c4ccnc(C(=O)NC5CC5)c4)cc3c2)c1C. The number of hydrogen-bond acceptors (Lipinski definition) is 5. The van der Waals surface area contributed by atoms with E-state index < -0.39 is 0 Å². The molecule has 0 spiro atoms. The van der Waals surface area contributed by atoms with Crippen LogP contribution in [0.3, 0.4) is 0 Å². The van der Waals surface area contributed by atoms with Crippen LogP contribution in [0.4, 0.5) is 5.69 Å². The second kappa shape index (κ2) is 7.35. The van der Waals surface area contributed by atoms with Crippen LogP contribution in [0.15, 0.2) is 36.7 Å². The van der Waals surface area contributed by atoms with Crippen LogP contribution >= 0.6 is 0 Å². The first-order valence-corrected chi connectivity index (χ1v) is 10.1. The lowest BCUT2D eigenvalue weighted by Gasteiger charge is -2.04. The van der Waals surface area contributed by atoms with Gasteiger partial charge in [-0.1, -0.05) is 0 Å². The van der Waals surface area contributed by atoms with E-state index in [2.05, 4.69) is 35.8 Å². The monoisotopic (exact) mass is 415 g/mol. The normalized spacial score (nSPS) is 13.4. The molecular formula is C22H21N7O2. The number of aryl methyl sites for hydroxylation is 1. The van der Waals surface area contributed by atoms with E-state index in [4.69, 9.17) is 0 Å². The van der Waals surface area contributed by atoms with Crippen molar-refractivity contribution in [2.45, 2.75) is 32.7 Å². The molecule has 0 atom stereocenters. The molecule has 1 aliphatic carbocycles. The van der Waals surface area contributed by atoms with E-state index in [1.807, 2.05) is 32.0 Å². The third-order valence-electron chi connectivity index (χ3n) is 5.41. The fourth-order valence-corrected chi connectivity index (χ4v) is 3.34. The summed E-state index contributed by atoms with van der Waals surface area (Å²) in [4.78, 5) is 36.7. The summed E-state index contributed by atoms with van der Waals surface area (Å²) >= 11 is 0. The average Bonchev–Trinajstić information content (AvgIpc) is 3.37. The Hall–Kier alpha value is -4.01. The largest absolute Gasteiger partial charge is 0.348 e. The van der Waals surface area contributed by atoms with Gasteiger partial charge in [-0.25, -0.2) is 4.98 Å². The number of carbonyl (C=O) groups excluding carboxylic acids is 2. The van der Waals surface area contributed by atoms with Gasteiger partial charge in [0, 0.05) is 40.1 Å². The lowest BCUT2D eigenvalue weighted by Crippen LogP contribution is -2.26. The number of H-pyrrole nitrogens is 2. The highest BCUT2D eigenvalue weighted by Crippen LogP contribution is 2.26. The lowest BCUT2D eigenvalue weighted by atomic mass is 10.1. The van der Waals surface area contributed by atoms with Crippen molar-refractivity contribution < 1.29 is 9.59 Å². The molecule has 0 aromatic carbocycles. The van der Waals surface area contributed by atoms with Crippen molar-refractivity contribution in [2.24, 2.45) is 0 Å². The maximum atomic E-state index is 12.5. The van der Waals surface area contributed by atoms with E-state index in [9.17, 15) is 9.59 Å². The summed E-state index contributed by atoms with van der Waals surface area (Å²) in [6.07, 6.45) is 5.26. The molecule has 31 heavy (non-hydrogen) atoms. The molecule has 4 aromatic heterocycles. The number of anilines is 1. The number of nitrogens with zero attached hydrogens (tertiary/aromatic N) is 3. The minimum Gasteiger partial charge on any atom is -0.348 e. The highest BCUT2D eigenvalue weighted by Gasteiger charge is 2.24. The molecule has 5 rings (SSSR count). The van der Waals surface area contributed by atoms with Crippen molar-refractivity contribution in [2.75, 3.05) is 5.32 Å². The molecule has 0 aliphatic heterocycles. The molecule has 156 valence electrons. The molecule has 9 heteroatoms. The Bertz CT molecular complexity index is 1320. The predicted molar refractivity (Wildman–Crippen MR) is 116 cm³/mol. The third kappa shape index (κ3) is 3.77. The van der Waals surface area contributed by atoms with Crippen molar-refractivity contribution in [1.82, 2.24) is 30.5 Å². The molecule has 4 aromatic rings. The van der Waals surface area contributed by atoms with Crippen LogP contribution in [0.5, 0.6) is 0 Å². The van der Waals surface area contributed by atoms with Crippen LogP contribution in [-0.4, -0.2) is 43.0 Å². The quantitative estimate of drug-likeness (QED) is 0.398. The van der Waals surface area contributed by atoms with E-state index in [1.165, 1.54) is 0 Å². The highest BCUT2D eigenvalue weighted by molar-refractivity contribution is 6.04. The topological polar surface area (TPSA) is 128 Å². The van der Waals surface area contributed by atoms with Gasteiger partial charge in [0.1, 0.15) is 11.3 Å². The fraction of sp³-hybridized carbons (Fsp3) is 0.227. The highest BCUT2D eigenvalue weighted by atomic mass is 16.2. The van der Waals surface area contributed by atoms with Gasteiger partial charge in [-0.15, -0.1) is 0 Å². The van der Waals surface area contributed by atoms with Gasteiger partial charge in [-0.3, -0.25) is 19.7 Å². The molecule has 1 saturated carbocycles. The average molecular weight is 415 g/mol. The van der Waals surface area contributed by atoms with E-state index in [-0.39, 0.29) is 17.9 Å². The van der Waals surface area contributed by atoms with Crippen molar-refractivity contribution in [1.29, 1.82) is 0 Å². The first-order chi connectivity index (χ1) is 15.0. The van der Waals surface area contributed by atoms with Crippen LogP contribution in [0.2, 0.25) is 0 Å². The molecule has 0 radical (unpaired) electrons. The molecule has 4 heterocycles. The smallest absolute Gasteiger partial charge is 0.276 e. The maximum absolute atomic E-state index is 12.5. The number of aromatic amines is 2. The first-order valence-electron chi connectivity index (χ1n) is 10.1. The van der Waals surface area contributed by atoms with E-state index in [0.29, 0.717) is 22.7 Å². The van der Waals surface area contributed by atoms with Crippen LogP contribution in [0.25, 0.3) is 22.3 Å². The summed E-state index contributed by atoms with van der Waals surface area (Å²) in [5, 5.41) is 13.5. The summed E-state index contributed by atoms with van der Waals surface area (Å²) in [5.41, 5.74) is 5.32. The number of aromatic nitrogens is 5. The molecule has 0 saturated heterocycles. The lowest BCUT2D eigenvalue weighted by molar-refractivity contribution is 0.0945. The van der Waals surface area contributed by atoms with Gasteiger partial charge in [-0.2, -0.15) is 5.10 Å². The number of hydrogen-bond donors (Lipinski definition) is 4. The van der Waals surface area contributed by atoms with Gasteiger partial charge in [0.25, 0.3) is 11.8 Å². The zero-order valence-corrected chi connectivity index (χ0v) is 17.1. The van der Waals surface area contributed by atoms with Gasteiger partial charge >= 0.3 is 0 Å². The fourth-order valence-electron chi connectivity index (χ4n) is 3.34. The van der Waals surface area contributed by atoms with Gasteiger partial charge in [0.05, 0.1) is 11.9 Å². The second-order valence-corrected chi connectivity index (χ2v) is 7.80.